The molecule has 9 heteroatoms. The van der Waals surface area contributed by atoms with Crippen molar-refractivity contribution in [3.63, 3.8) is 0 Å². The second-order valence-electron chi connectivity index (χ2n) is 4.68. The van der Waals surface area contributed by atoms with Gasteiger partial charge in [-0.1, -0.05) is 6.42 Å². The van der Waals surface area contributed by atoms with Crippen LogP contribution in [0.2, 0.25) is 0 Å². The molecule has 0 saturated heterocycles. The summed E-state index contributed by atoms with van der Waals surface area (Å²) in [4.78, 5) is 11.6. The summed E-state index contributed by atoms with van der Waals surface area (Å²) in [6, 6.07) is -0.427. The van der Waals surface area contributed by atoms with Gasteiger partial charge >= 0.3 is 6.18 Å². The van der Waals surface area contributed by atoms with Crippen molar-refractivity contribution in [3.05, 3.63) is 6.33 Å². The third-order valence-corrected chi connectivity index (χ3v) is 3.20. The van der Waals surface area contributed by atoms with Crippen molar-refractivity contribution < 1.29 is 18.0 Å². The molecule has 1 saturated carbocycles. The Bertz CT molecular complexity index is 419. The van der Waals surface area contributed by atoms with Gasteiger partial charge in [0.05, 0.1) is 5.92 Å². The van der Waals surface area contributed by atoms with Crippen molar-refractivity contribution in [2.75, 3.05) is 0 Å². The lowest BCUT2D eigenvalue weighted by molar-refractivity contribution is -0.184. The summed E-state index contributed by atoms with van der Waals surface area (Å²) < 4.78 is 39.1. The van der Waals surface area contributed by atoms with Crippen LogP contribution in [0.4, 0.5) is 13.2 Å². The van der Waals surface area contributed by atoms with E-state index in [0.29, 0.717) is 12.8 Å². The zero-order valence-corrected chi connectivity index (χ0v) is 10.1. The number of hydrogen-bond donors (Lipinski definition) is 1. The molecule has 0 bridgehead atoms. The molecule has 1 aromatic rings. The fourth-order valence-electron chi connectivity index (χ4n) is 2.29. The Morgan fingerprint density at radius 3 is 2.84 bits per heavy atom. The average molecular weight is 277 g/mol. The van der Waals surface area contributed by atoms with Crippen molar-refractivity contribution in [3.8, 4) is 0 Å². The minimum absolute atomic E-state index is 0.0507. The van der Waals surface area contributed by atoms with Gasteiger partial charge in [-0.05, 0) is 29.7 Å². The zero-order chi connectivity index (χ0) is 13.9. The first-order valence-electron chi connectivity index (χ1n) is 6.02. The molecule has 6 nitrogen and oxygen atoms in total. The minimum Gasteiger partial charge on any atom is -0.352 e. The van der Waals surface area contributed by atoms with E-state index in [4.69, 9.17) is 0 Å². The largest absolute Gasteiger partial charge is 0.391 e. The second-order valence-corrected chi connectivity index (χ2v) is 4.68. The average Bonchev–Trinajstić information content (AvgIpc) is 2.80. The predicted molar refractivity (Wildman–Crippen MR) is 57.8 cm³/mol. The highest BCUT2D eigenvalue weighted by Crippen LogP contribution is 2.37. The van der Waals surface area contributed by atoms with Crippen LogP contribution in [0.1, 0.15) is 25.7 Å². The molecular weight excluding hydrogens is 263 g/mol. The van der Waals surface area contributed by atoms with Gasteiger partial charge in [-0.3, -0.25) is 4.79 Å². The predicted octanol–water partition coefficient (Wildman–Crippen LogP) is 0.910. The summed E-state index contributed by atoms with van der Waals surface area (Å²) in [5.41, 5.74) is 0. The Morgan fingerprint density at radius 2 is 2.21 bits per heavy atom. The summed E-state index contributed by atoms with van der Waals surface area (Å²) >= 11 is 0. The lowest BCUT2D eigenvalue weighted by atomic mass is 9.85. The summed E-state index contributed by atoms with van der Waals surface area (Å²) in [5.74, 6) is -1.69. The normalized spacial score (nSPS) is 24.2. The molecule has 1 aliphatic rings. The fraction of sp³-hybridized carbons (Fsp3) is 0.800. The molecule has 0 aromatic carbocycles. The van der Waals surface area contributed by atoms with Gasteiger partial charge in [-0.15, -0.1) is 5.10 Å². The van der Waals surface area contributed by atoms with Crippen LogP contribution >= 0.6 is 0 Å². The standard InChI is InChI=1S/C10H14F3N5O/c11-10(12,13)7-2-1-3-8(4-7)15-9(19)5-18-6-14-16-17-18/h6-8H,1-5H2,(H,15,19)/t7-,8+/m1/s1. The number of alkyl halides is 3. The molecule has 0 unspecified atom stereocenters. The quantitative estimate of drug-likeness (QED) is 0.891. The Kier molecular flexibility index (Phi) is 4.01. The Morgan fingerprint density at radius 1 is 1.42 bits per heavy atom. The SMILES string of the molecule is O=C(Cn1cnnn1)N[C@H]1CCC[C@@H](C(F)(F)F)C1. The van der Waals surface area contributed by atoms with Gasteiger partial charge in [-0.2, -0.15) is 13.2 Å². The van der Waals surface area contributed by atoms with Crippen LogP contribution in [0.5, 0.6) is 0 Å². The lowest BCUT2D eigenvalue weighted by Gasteiger charge is -2.30. The molecule has 106 valence electrons. The molecule has 1 aliphatic carbocycles. The molecule has 0 spiro atoms. The van der Waals surface area contributed by atoms with Gasteiger partial charge in [0.15, 0.2) is 0 Å². The third kappa shape index (κ3) is 3.90. The van der Waals surface area contributed by atoms with Gasteiger partial charge in [0.25, 0.3) is 0 Å². The van der Waals surface area contributed by atoms with Crippen LogP contribution in [0.25, 0.3) is 0 Å². The number of halogens is 3. The van der Waals surface area contributed by atoms with E-state index < -0.39 is 18.1 Å². The molecular formula is C10H14F3N5O. The van der Waals surface area contributed by atoms with Crippen molar-refractivity contribution in [2.45, 2.75) is 44.4 Å². The van der Waals surface area contributed by atoms with Crippen LogP contribution in [0.3, 0.4) is 0 Å². The molecule has 1 amide bonds. The Labute approximate surface area is 107 Å². The maximum absolute atomic E-state index is 12.6. The van der Waals surface area contributed by atoms with Crippen LogP contribution in [0.15, 0.2) is 6.33 Å². The highest BCUT2D eigenvalue weighted by Gasteiger charge is 2.42. The van der Waals surface area contributed by atoms with Crippen LogP contribution in [0, 0.1) is 5.92 Å². The summed E-state index contributed by atoms with van der Waals surface area (Å²) in [5, 5.41) is 12.9. The molecule has 0 aliphatic heterocycles. The van der Waals surface area contributed by atoms with Gasteiger partial charge in [-0.25, -0.2) is 4.68 Å². The molecule has 1 heterocycles. The van der Waals surface area contributed by atoms with E-state index in [1.165, 1.54) is 11.0 Å². The molecule has 2 rings (SSSR count). The monoisotopic (exact) mass is 277 g/mol. The molecule has 1 fully saturated rings. The van der Waals surface area contributed by atoms with E-state index in [9.17, 15) is 18.0 Å². The first-order chi connectivity index (χ1) is 8.95. The van der Waals surface area contributed by atoms with E-state index in [1.807, 2.05) is 0 Å². The van der Waals surface area contributed by atoms with Crippen molar-refractivity contribution in [1.82, 2.24) is 25.5 Å². The van der Waals surface area contributed by atoms with E-state index in [2.05, 4.69) is 20.8 Å². The van der Waals surface area contributed by atoms with Crippen molar-refractivity contribution >= 4 is 5.91 Å². The maximum atomic E-state index is 12.6. The van der Waals surface area contributed by atoms with E-state index in [1.54, 1.807) is 0 Å². The number of hydrogen-bond acceptors (Lipinski definition) is 4. The number of carbonyl (C=O) groups excluding carboxylic acids is 1. The topological polar surface area (TPSA) is 72.7 Å². The van der Waals surface area contributed by atoms with Crippen LogP contribution in [-0.2, 0) is 11.3 Å². The smallest absolute Gasteiger partial charge is 0.352 e. The first-order valence-corrected chi connectivity index (χ1v) is 6.02. The number of carbonyl (C=O) groups is 1. The van der Waals surface area contributed by atoms with E-state index in [0.717, 1.165) is 0 Å². The highest BCUT2D eigenvalue weighted by atomic mass is 19.4. The fourth-order valence-corrected chi connectivity index (χ4v) is 2.29. The van der Waals surface area contributed by atoms with Crippen molar-refractivity contribution in [2.24, 2.45) is 5.92 Å². The van der Waals surface area contributed by atoms with Gasteiger partial charge in [0.1, 0.15) is 12.9 Å². The third-order valence-electron chi connectivity index (χ3n) is 3.20. The van der Waals surface area contributed by atoms with Gasteiger partial charge in [0, 0.05) is 6.04 Å². The zero-order valence-electron chi connectivity index (χ0n) is 10.1. The Hall–Kier alpha value is -1.67. The number of amides is 1. The first kappa shape index (κ1) is 13.8. The molecule has 19 heavy (non-hydrogen) atoms. The summed E-state index contributed by atoms with van der Waals surface area (Å²) in [7, 11) is 0. The lowest BCUT2D eigenvalue weighted by Crippen LogP contribution is -2.42. The van der Waals surface area contributed by atoms with Gasteiger partial charge < -0.3 is 5.32 Å². The molecule has 2 atom stereocenters. The number of tetrazole rings is 1. The maximum Gasteiger partial charge on any atom is 0.391 e. The van der Waals surface area contributed by atoms with Crippen molar-refractivity contribution in [1.29, 1.82) is 0 Å². The summed E-state index contributed by atoms with van der Waals surface area (Å²) in [6.07, 6.45) is -1.76. The van der Waals surface area contributed by atoms with Crippen LogP contribution < -0.4 is 5.32 Å². The number of rotatable bonds is 3. The molecule has 1 N–H and O–H groups in total. The molecule has 0 radical (unpaired) electrons. The summed E-state index contributed by atoms with van der Waals surface area (Å²) in [6.45, 7) is -0.0832. The Balaban J connectivity index is 1.83. The second kappa shape index (κ2) is 5.54. The van der Waals surface area contributed by atoms with Gasteiger partial charge in [0.2, 0.25) is 5.91 Å². The number of nitrogens with zero attached hydrogens (tertiary/aromatic N) is 4. The minimum atomic E-state index is -4.18. The van der Waals surface area contributed by atoms with E-state index in [-0.39, 0.29) is 25.3 Å². The number of aromatic nitrogens is 4. The van der Waals surface area contributed by atoms with E-state index >= 15 is 0 Å². The highest BCUT2D eigenvalue weighted by molar-refractivity contribution is 5.75. The molecule has 1 aromatic heterocycles. The van der Waals surface area contributed by atoms with Crippen LogP contribution in [-0.4, -0.2) is 38.3 Å². The number of nitrogens with one attached hydrogen (secondary N) is 1.